The Morgan fingerprint density at radius 1 is 1.04 bits per heavy atom. The molecule has 5 atom stereocenters. The zero-order valence-electron chi connectivity index (χ0n) is 13.1. The van der Waals surface area contributed by atoms with E-state index in [9.17, 15) is 19.2 Å². The lowest BCUT2D eigenvalue weighted by Crippen LogP contribution is -2.74. The van der Waals surface area contributed by atoms with E-state index in [4.69, 9.17) is 42.1 Å². The van der Waals surface area contributed by atoms with Gasteiger partial charge in [0.15, 0.2) is 18.0 Å². The minimum Gasteiger partial charge on any atom is -0.463 e. The van der Waals surface area contributed by atoms with Gasteiger partial charge in [-0.1, -0.05) is 23.2 Å². The molecule has 0 unspecified atom stereocenters. The van der Waals surface area contributed by atoms with Gasteiger partial charge in [0, 0.05) is 20.8 Å². The fourth-order valence-corrected chi connectivity index (χ4v) is 3.43. The Kier molecular flexibility index (Phi) is 5.41. The molecule has 10 heteroatoms. The number of carbonyl (C=O) groups excluding carboxylic acids is 4. The molecule has 0 aromatic heterocycles. The van der Waals surface area contributed by atoms with Crippen LogP contribution in [-0.4, -0.2) is 59.0 Å². The number of fused-ring (bicyclic) bond motifs is 1. The topological polar surface area (TPSA) is 105 Å². The van der Waals surface area contributed by atoms with Crippen LogP contribution in [0.5, 0.6) is 0 Å². The fraction of sp³-hybridized carbons (Fsp3) is 0.714. The third-order valence-corrected chi connectivity index (χ3v) is 4.54. The Labute approximate surface area is 147 Å². The molecule has 24 heavy (non-hydrogen) atoms. The molecule has 0 aromatic carbocycles. The van der Waals surface area contributed by atoms with Gasteiger partial charge in [-0.2, -0.15) is 0 Å². The molecule has 0 radical (unpaired) electrons. The summed E-state index contributed by atoms with van der Waals surface area (Å²) < 4.78 is 19.0. The van der Waals surface area contributed by atoms with E-state index >= 15 is 0 Å². The van der Waals surface area contributed by atoms with Crippen LogP contribution in [0.25, 0.3) is 0 Å². The molecule has 0 bridgehead atoms. The summed E-state index contributed by atoms with van der Waals surface area (Å²) in [5.41, 5.74) is 0. The highest BCUT2D eigenvalue weighted by Crippen LogP contribution is 2.51. The fourth-order valence-electron chi connectivity index (χ4n) is 2.80. The number of carbonyl (C=O) groups is 4. The summed E-state index contributed by atoms with van der Waals surface area (Å²) in [6.45, 7) is 3.20. The molecule has 134 valence electrons. The molecule has 2 aliphatic rings. The van der Waals surface area contributed by atoms with Crippen LogP contribution in [0.1, 0.15) is 20.8 Å². The van der Waals surface area contributed by atoms with E-state index in [0.717, 1.165) is 13.8 Å². The number of hydrogen-bond acceptors (Lipinski definition) is 8. The van der Waals surface area contributed by atoms with Gasteiger partial charge in [-0.05, 0) is 0 Å². The largest absolute Gasteiger partial charge is 0.463 e. The second kappa shape index (κ2) is 6.85. The first-order valence-electron chi connectivity index (χ1n) is 7.11. The number of hydrogen-bond donors (Lipinski definition) is 0. The molecule has 0 spiro atoms. The quantitative estimate of drug-likeness (QED) is 0.394. The summed E-state index contributed by atoms with van der Waals surface area (Å²) in [7, 11) is 0. The van der Waals surface area contributed by atoms with Crippen LogP contribution >= 0.6 is 23.2 Å². The van der Waals surface area contributed by atoms with Crippen molar-refractivity contribution in [2.75, 3.05) is 6.61 Å². The monoisotopic (exact) mass is 382 g/mol. The summed E-state index contributed by atoms with van der Waals surface area (Å²) in [6.07, 6.45) is -4.25. The molecule has 1 heterocycles. The molecule has 0 N–H and O–H groups in total. The number of ketones is 1. The maximum atomic E-state index is 12.2. The molecule has 1 aliphatic carbocycles. The number of rotatable bonds is 4. The molecule has 1 saturated heterocycles. The Morgan fingerprint density at radius 3 is 2.08 bits per heavy atom. The van der Waals surface area contributed by atoms with Gasteiger partial charge in [-0.15, -0.1) is 0 Å². The highest BCUT2D eigenvalue weighted by molar-refractivity contribution is 6.61. The summed E-state index contributed by atoms with van der Waals surface area (Å²) in [6, 6.07) is 0. The SMILES string of the molecule is CC(=O)OC[C@H]1O[C@H]2[C@H](C(=O)C2(Cl)Cl)[C@@H](OC(C)=O)[C@@H]1OC(C)=O. The van der Waals surface area contributed by atoms with Crippen LogP contribution in [-0.2, 0) is 38.1 Å². The van der Waals surface area contributed by atoms with Crippen LogP contribution < -0.4 is 0 Å². The highest BCUT2D eigenvalue weighted by Gasteiger charge is 2.70. The minimum absolute atomic E-state index is 0.285. The van der Waals surface area contributed by atoms with Crippen molar-refractivity contribution >= 4 is 46.9 Å². The first-order chi connectivity index (χ1) is 11.1. The van der Waals surface area contributed by atoms with E-state index in [1.807, 2.05) is 0 Å². The molecule has 8 nitrogen and oxygen atoms in total. The van der Waals surface area contributed by atoms with Gasteiger partial charge in [0.1, 0.15) is 18.8 Å². The third-order valence-electron chi connectivity index (χ3n) is 3.74. The molecule has 2 fully saturated rings. The average Bonchev–Trinajstić information content (AvgIpc) is 2.45. The first-order valence-corrected chi connectivity index (χ1v) is 7.86. The third kappa shape index (κ3) is 3.50. The van der Waals surface area contributed by atoms with Crippen molar-refractivity contribution in [2.45, 2.75) is 49.5 Å². The van der Waals surface area contributed by atoms with E-state index in [1.54, 1.807) is 0 Å². The molecular weight excluding hydrogens is 367 g/mol. The normalized spacial score (nSPS) is 33.7. The lowest BCUT2D eigenvalue weighted by atomic mass is 9.71. The second-order valence-electron chi connectivity index (χ2n) is 5.56. The van der Waals surface area contributed by atoms with Gasteiger partial charge in [0.25, 0.3) is 0 Å². The lowest BCUT2D eigenvalue weighted by molar-refractivity contribution is -0.247. The van der Waals surface area contributed by atoms with E-state index < -0.39 is 58.4 Å². The zero-order valence-corrected chi connectivity index (χ0v) is 14.6. The van der Waals surface area contributed by atoms with Crippen molar-refractivity contribution in [3.63, 3.8) is 0 Å². The lowest BCUT2D eigenvalue weighted by Gasteiger charge is -2.54. The number of halogens is 2. The summed E-state index contributed by atoms with van der Waals surface area (Å²) in [4.78, 5) is 46.0. The van der Waals surface area contributed by atoms with E-state index in [0.29, 0.717) is 0 Å². The van der Waals surface area contributed by atoms with Gasteiger partial charge in [-0.3, -0.25) is 19.2 Å². The van der Waals surface area contributed by atoms with Crippen molar-refractivity contribution in [1.82, 2.24) is 0 Å². The maximum absolute atomic E-state index is 12.2. The summed E-state index contributed by atoms with van der Waals surface area (Å²) in [5.74, 6) is -3.51. The van der Waals surface area contributed by atoms with Crippen LogP contribution in [0.4, 0.5) is 0 Å². The van der Waals surface area contributed by atoms with Gasteiger partial charge >= 0.3 is 17.9 Å². The second-order valence-corrected chi connectivity index (χ2v) is 6.94. The molecule has 1 saturated carbocycles. The van der Waals surface area contributed by atoms with Gasteiger partial charge in [0.2, 0.25) is 4.33 Å². The average molecular weight is 383 g/mol. The molecule has 0 amide bonds. The van der Waals surface area contributed by atoms with E-state index in [2.05, 4.69) is 0 Å². The zero-order chi connectivity index (χ0) is 18.2. The standard InChI is InChI=1S/C14H16Cl2O8/c1-5(17)21-4-8-10(22-6(2)18)11(23-7(3)19)9-12(20)14(15,16)13(9)24-8/h8-11,13H,4H2,1-3H3/t8-,9+,10-,11-,13+/m1/s1. The van der Waals surface area contributed by atoms with Gasteiger partial charge < -0.3 is 18.9 Å². The molecule has 1 aliphatic heterocycles. The molecule has 2 rings (SSSR count). The molecule has 0 aromatic rings. The van der Waals surface area contributed by atoms with Crippen molar-refractivity contribution in [2.24, 2.45) is 5.92 Å². The Hall–Kier alpha value is -1.38. The van der Waals surface area contributed by atoms with Crippen molar-refractivity contribution < 1.29 is 38.1 Å². The number of ether oxygens (including phenoxy) is 4. The van der Waals surface area contributed by atoms with Gasteiger partial charge in [0.05, 0.1) is 5.92 Å². The molecular formula is C14H16Cl2O8. The van der Waals surface area contributed by atoms with E-state index in [1.165, 1.54) is 6.92 Å². The van der Waals surface area contributed by atoms with Gasteiger partial charge in [-0.25, -0.2) is 0 Å². The maximum Gasteiger partial charge on any atom is 0.303 e. The van der Waals surface area contributed by atoms with E-state index in [-0.39, 0.29) is 6.61 Å². The number of esters is 3. The number of Topliss-reactive ketones (excluding diaryl/α,β-unsaturated/α-hetero) is 1. The predicted molar refractivity (Wildman–Crippen MR) is 79.3 cm³/mol. The summed E-state index contributed by atoms with van der Waals surface area (Å²) >= 11 is 11.9. The van der Waals surface area contributed by atoms with Crippen molar-refractivity contribution in [3.8, 4) is 0 Å². The van der Waals surface area contributed by atoms with Crippen LogP contribution in [0.2, 0.25) is 0 Å². The Morgan fingerprint density at radius 2 is 1.58 bits per heavy atom. The Bertz CT molecular complexity index is 575. The van der Waals surface area contributed by atoms with Crippen LogP contribution in [0, 0.1) is 5.92 Å². The van der Waals surface area contributed by atoms with Crippen LogP contribution in [0.15, 0.2) is 0 Å². The van der Waals surface area contributed by atoms with Crippen molar-refractivity contribution in [3.05, 3.63) is 0 Å². The minimum atomic E-state index is -1.81. The summed E-state index contributed by atoms with van der Waals surface area (Å²) in [5, 5.41) is 0. The highest BCUT2D eigenvalue weighted by atomic mass is 35.5. The number of alkyl halides is 2. The first kappa shape index (κ1) is 19.0. The smallest absolute Gasteiger partial charge is 0.303 e. The predicted octanol–water partition coefficient (Wildman–Crippen LogP) is 0.553. The van der Waals surface area contributed by atoms with Crippen molar-refractivity contribution in [1.29, 1.82) is 0 Å². The van der Waals surface area contributed by atoms with Crippen LogP contribution in [0.3, 0.4) is 0 Å². The Balaban J connectivity index is 2.31.